The van der Waals surface area contributed by atoms with E-state index in [9.17, 15) is 32.8 Å². The maximum absolute atomic E-state index is 15.5. The van der Waals surface area contributed by atoms with Crippen LogP contribution in [0.5, 0.6) is 5.75 Å². The number of halogens is 5. The van der Waals surface area contributed by atoms with Crippen LogP contribution >= 0.6 is 19.3 Å². The lowest BCUT2D eigenvalue weighted by Crippen LogP contribution is -2.57. The lowest BCUT2D eigenvalue weighted by atomic mass is 9.95. The molecular weight excluding hydrogens is 639 g/mol. The largest absolute Gasteiger partial charge is 0.462 e. The molecule has 1 fully saturated rings. The SMILES string of the molecule is CC(C)OC(=O)[C@H](C)NP(=O)(OC[C@@]1(C(F)F)O[C@@H](N2C=C(Cl)C(=O)CC2=O)[C@H](O)C1(F)F)Oc1cccc2ccccc12. The minimum Gasteiger partial charge on any atom is -0.462 e. The van der Waals surface area contributed by atoms with Crippen molar-refractivity contribution in [1.82, 2.24) is 9.99 Å². The second-order valence-corrected chi connectivity index (χ2v) is 12.4. The van der Waals surface area contributed by atoms with E-state index < -0.39 is 85.9 Å². The van der Waals surface area contributed by atoms with Crippen molar-refractivity contribution in [2.24, 2.45) is 0 Å². The fraction of sp³-hybridized carbons (Fsp3) is 0.444. The van der Waals surface area contributed by atoms with Crippen LogP contribution < -0.4 is 9.61 Å². The maximum Gasteiger partial charge on any atom is 0.459 e. The monoisotopic (exact) mass is 666 g/mol. The molecule has 1 saturated heterocycles. The fourth-order valence-electron chi connectivity index (χ4n) is 4.48. The van der Waals surface area contributed by atoms with E-state index in [0.717, 1.165) is 0 Å². The number of allylic oxidation sites excluding steroid dienone is 1. The number of benzene rings is 2. The third-order valence-corrected chi connectivity index (χ3v) is 8.67. The van der Waals surface area contributed by atoms with E-state index >= 15 is 8.78 Å². The smallest absolute Gasteiger partial charge is 0.459 e. The summed E-state index contributed by atoms with van der Waals surface area (Å²) in [6, 6.07) is 9.64. The van der Waals surface area contributed by atoms with Crippen LogP contribution in [0.25, 0.3) is 10.8 Å². The molecule has 0 aromatic heterocycles. The highest BCUT2D eigenvalue weighted by Crippen LogP contribution is 2.53. The molecule has 0 aliphatic carbocycles. The Morgan fingerprint density at radius 2 is 1.84 bits per heavy atom. The number of rotatable bonds is 11. The number of fused-ring (bicyclic) bond motifs is 1. The van der Waals surface area contributed by atoms with Gasteiger partial charge in [-0.3, -0.25) is 23.8 Å². The van der Waals surface area contributed by atoms with Gasteiger partial charge in [0.15, 0.2) is 18.1 Å². The van der Waals surface area contributed by atoms with E-state index in [2.05, 4.69) is 5.09 Å². The number of nitrogens with zero attached hydrogens (tertiary/aromatic N) is 1. The number of aliphatic hydroxyl groups excluding tert-OH is 1. The number of nitrogens with one attached hydrogen (secondary N) is 1. The standard InChI is InChI=1S/C27H28ClF4N2O9P/c1-14(2)41-24(38)15(3)33-44(39,43-20-10-6-8-16-7-4-5-9-17(16)20)40-13-26(25(29)30)27(31,32)22(37)23(42-26)34-12-18(28)19(35)11-21(34)36/h4-10,12,14-15,22-23,25,37H,11,13H2,1-3H3,(H,33,39)/t15-,22-,23+,26-,44?/m0/s1. The number of carbonyl (C=O) groups excluding carboxylic acids is 3. The summed E-state index contributed by atoms with van der Waals surface area (Å²) < 4.78 is 95.0. The molecule has 2 aromatic rings. The number of hydrogen-bond acceptors (Lipinski definition) is 9. The van der Waals surface area contributed by atoms with Gasteiger partial charge >= 0.3 is 19.6 Å². The summed E-state index contributed by atoms with van der Waals surface area (Å²) in [5.41, 5.74) is -4.00. The van der Waals surface area contributed by atoms with Crippen LogP contribution in [0, 0.1) is 0 Å². The van der Waals surface area contributed by atoms with Gasteiger partial charge < -0.3 is 19.1 Å². The summed E-state index contributed by atoms with van der Waals surface area (Å²) in [5, 5.41) is 13.0. The Morgan fingerprint density at radius 3 is 2.50 bits per heavy atom. The molecule has 2 aromatic carbocycles. The molecule has 5 atom stereocenters. The molecular formula is C27H28ClF4N2O9P. The normalized spacial score (nSPS) is 25.7. The van der Waals surface area contributed by atoms with Crippen LogP contribution in [-0.4, -0.2) is 76.7 Å². The average Bonchev–Trinajstić information content (AvgIpc) is 3.15. The van der Waals surface area contributed by atoms with Crippen LogP contribution in [-0.2, 0) is 32.9 Å². The molecule has 0 saturated carbocycles. The number of aliphatic hydroxyl groups is 1. The summed E-state index contributed by atoms with van der Waals surface area (Å²) in [6.07, 6.45) is -10.5. The van der Waals surface area contributed by atoms with Gasteiger partial charge in [-0.15, -0.1) is 0 Å². The number of alkyl halides is 4. The summed E-state index contributed by atoms with van der Waals surface area (Å²) in [7, 11) is -5.03. The van der Waals surface area contributed by atoms with Crippen molar-refractivity contribution in [3.63, 3.8) is 0 Å². The van der Waals surface area contributed by atoms with Crippen LogP contribution in [0.2, 0.25) is 0 Å². The number of Topliss-reactive ketones (excluding diaryl/α,β-unsaturated/α-hetero) is 1. The molecule has 1 unspecified atom stereocenters. The lowest BCUT2D eigenvalue weighted by Gasteiger charge is -2.34. The Morgan fingerprint density at radius 1 is 1.18 bits per heavy atom. The Balaban J connectivity index is 1.70. The first-order valence-corrected chi connectivity index (χ1v) is 15.1. The van der Waals surface area contributed by atoms with Crippen molar-refractivity contribution in [1.29, 1.82) is 0 Å². The summed E-state index contributed by atoms with van der Waals surface area (Å²) in [6.45, 7) is 2.39. The molecule has 0 spiro atoms. The van der Waals surface area contributed by atoms with E-state index in [-0.39, 0.29) is 5.75 Å². The molecule has 44 heavy (non-hydrogen) atoms. The zero-order valence-corrected chi connectivity index (χ0v) is 25.1. The highest BCUT2D eigenvalue weighted by Gasteiger charge is 2.74. The van der Waals surface area contributed by atoms with Crippen molar-refractivity contribution in [3.05, 3.63) is 53.7 Å². The van der Waals surface area contributed by atoms with Gasteiger partial charge in [0.05, 0.1) is 19.1 Å². The number of carbonyl (C=O) groups is 3. The number of ether oxygens (including phenoxy) is 2. The van der Waals surface area contributed by atoms with Gasteiger partial charge in [-0.2, -0.15) is 13.9 Å². The Kier molecular flexibility index (Phi) is 9.79. The summed E-state index contributed by atoms with van der Waals surface area (Å²) in [5.74, 6) is -7.92. The van der Waals surface area contributed by atoms with E-state index in [0.29, 0.717) is 21.9 Å². The van der Waals surface area contributed by atoms with E-state index in [1.54, 1.807) is 30.3 Å². The lowest BCUT2D eigenvalue weighted by molar-refractivity contribution is -0.243. The molecule has 2 heterocycles. The molecule has 0 bridgehead atoms. The molecule has 11 nitrogen and oxygen atoms in total. The molecule has 17 heteroatoms. The Bertz CT molecular complexity index is 1520. The molecule has 2 aliphatic heterocycles. The van der Waals surface area contributed by atoms with Gasteiger partial charge in [0.2, 0.25) is 11.5 Å². The molecule has 2 N–H and O–H groups in total. The van der Waals surface area contributed by atoms with Crippen LogP contribution in [0.3, 0.4) is 0 Å². The predicted octanol–water partition coefficient (Wildman–Crippen LogP) is 4.51. The first-order valence-electron chi connectivity index (χ1n) is 13.1. The second-order valence-electron chi connectivity index (χ2n) is 10.3. The van der Waals surface area contributed by atoms with Gasteiger partial charge in [0.1, 0.15) is 16.8 Å². The van der Waals surface area contributed by atoms with Crippen molar-refractivity contribution in [2.75, 3.05) is 6.61 Å². The summed E-state index contributed by atoms with van der Waals surface area (Å²) >= 11 is 5.72. The molecule has 240 valence electrons. The minimum absolute atomic E-state index is 0.116. The zero-order chi connectivity index (χ0) is 32.6. The number of esters is 1. The third kappa shape index (κ3) is 6.49. The molecule has 0 radical (unpaired) electrons. The number of ketones is 1. The first kappa shape index (κ1) is 33.8. The quantitative estimate of drug-likeness (QED) is 0.152. The fourth-order valence-corrected chi connectivity index (χ4v) is 6.19. The Hall–Kier alpha value is -3.07. The van der Waals surface area contributed by atoms with E-state index in [1.807, 2.05) is 0 Å². The van der Waals surface area contributed by atoms with Crippen LogP contribution in [0.1, 0.15) is 27.2 Å². The topological polar surface area (TPSA) is 141 Å². The molecule has 4 rings (SSSR count). The number of hydrogen-bond donors (Lipinski definition) is 2. The zero-order valence-electron chi connectivity index (χ0n) is 23.4. The van der Waals surface area contributed by atoms with Crippen LogP contribution in [0.15, 0.2) is 53.7 Å². The number of amides is 1. The van der Waals surface area contributed by atoms with Crippen LogP contribution in [0.4, 0.5) is 17.6 Å². The van der Waals surface area contributed by atoms with Gasteiger partial charge in [-0.25, -0.2) is 13.3 Å². The van der Waals surface area contributed by atoms with E-state index in [1.165, 1.54) is 32.9 Å². The first-order chi connectivity index (χ1) is 20.5. The van der Waals surface area contributed by atoms with Crippen molar-refractivity contribution < 1.29 is 60.1 Å². The molecule has 2 aliphatic rings. The van der Waals surface area contributed by atoms with E-state index in [4.69, 9.17) is 30.1 Å². The minimum atomic E-state index is -5.03. The highest BCUT2D eigenvalue weighted by molar-refractivity contribution is 7.52. The van der Waals surface area contributed by atoms with Crippen molar-refractivity contribution in [2.45, 2.75) is 69.6 Å². The maximum atomic E-state index is 15.5. The highest BCUT2D eigenvalue weighted by atomic mass is 35.5. The third-order valence-electron chi connectivity index (χ3n) is 6.76. The van der Waals surface area contributed by atoms with Crippen molar-refractivity contribution in [3.8, 4) is 5.75 Å². The summed E-state index contributed by atoms with van der Waals surface area (Å²) in [4.78, 5) is 36.9. The Labute approximate surface area is 253 Å². The van der Waals surface area contributed by atoms with Gasteiger partial charge in [0, 0.05) is 11.6 Å². The van der Waals surface area contributed by atoms with Gasteiger partial charge in [-0.05, 0) is 32.2 Å². The second kappa shape index (κ2) is 12.7. The average molecular weight is 667 g/mol. The predicted molar refractivity (Wildman–Crippen MR) is 147 cm³/mol. The van der Waals surface area contributed by atoms with Gasteiger partial charge in [-0.1, -0.05) is 48.0 Å². The molecule has 1 amide bonds. The van der Waals surface area contributed by atoms with Crippen molar-refractivity contribution >= 4 is 47.8 Å². The van der Waals surface area contributed by atoms with Gasteiger partial charge in [0.25, 0.3) is 6.43 Å².